The van der Waals surface area contributed by atoms with Gasteiger partial charge in [-0.05, 0) is 25.8 Å². The predicted molar refractivity (Wildman–Crippen MR) is 53.9 cm³/mol. The third-order valence-electron chi connectivity index (χ3n) is 2.06. The molecule has 92 valence electrons. The van der Waals surface area contributed by atoms with Crippen molar-refractivity contribution in [3.8, 4) is 0 Å². The lowest BCUT2D eigenvalue weighted by atomic mass is 10.1. The van der Waals surface area contributed by atoms with E-state index in [4.69, 9.17) is 4.74 Å². The van der Waals surface area contributed by atoms with Crippen molar-refractivity contribution in [2.45, 2.75) is 44.8 Å². The summed E-state index contributed by atoms with van der Waals surface area (Å²) >= 11 is 0. The fourth-order valence-electron chi connectivity index (χ4n) is 1.38. The molecule has 0 fully saturated rings. The van der Waals surface area contributed by atoms with Crippen LogP contribution in [0.2, 0.25) is 0 Å². The molecule has 2 nitrogen and oxygen atoms in total. The van der Waals surface area contributed by atoms with Crippen LogP contribution in [0.1, 0.15) is 32.6 Å². The van der Waals surface area contributed by atoms with Crippen LogP contribution in [0.3, 0.4) is 0 Å². The average Bonchev–Trinajstić information content (AvgIpc) is 2.12. The summed E-state index contributed by atoms with van der Waals surface area (Å²) in [4.78, 5) is 0. The zero-order valence-electron chi connectivity index (χ0n) is 9.36. The molecule has 0 bridgehead atoms. The first-order valence-electron chi connectivity index (χ1n) is 5.28. The minimum absolute atomic E-state index is 0.472. The normalized spacial score (nSPS) is 14.2. The Hall–Kier alpha value is -0.290. The number of methoxy groups -OCH3 is 1. The lowest BCUT2D eigenvalue weighted by Gasteiger charge is -2.19. The van der Waals surface area contributed by atoms with E-state index in [0.29, 0.717) is 26.0 Å². The molecule has 0 saturated carbocycles. The molecule has 15 heavy (non-hydrogen) atoms. The Morgan fingerprint density at radius 2 is 2.00 bits per heavy atom. The van der Waals surface area contributed by atoms with Crippen molar-refractivity contribution < 1.29 is 17.9 Å². The summed E-state index contributed by atoms with van der Waals surface area (Å²) in [6, 6.07) is -0.472. The molecule has 0 aliphatic heterocycles. The van der Waals surface area contributed by atoms with Gasteiger partial charge in [0.25, 0.3) is 0 Å². The average molecular weight is 227 g/mol. The highest BCUT2D eigenvalue weighted by atomic mass is 19.4. The van der Waals surface area contributed by atoms with Crippen LogP contribution >= 0.6 is 0 Å². The summed E-state index contributed by atoms with van der Waals surface area (Å²) in [6.07, 6.45) is -2.82. The van der Waals surface area contributed by atoms with Crippen LogP contribution < -0.4 is 5.32 Å². The summed E-state index contributed by atoms with van der Waals surface area (Å²) in [7, 11) is 1.55. The Bertz CT molecular complexity index is 150. The fraction of sp³-hybridized carbons (Fsp3) is 1.00. The summed E-state index contributed by atoms with van der Waals surface area (Å²) in [5.41, 5.74) is 0. The van der Waals surface area contributed by atoms with Gasteiger partial charge in [-0.2, -0.15) is 13.2 Å². The van der Waals surface area contributed by atoms with Crippen molar-refractivity contribution in [3.63, 3.8) is 0 Å². The summed E-state index contributed by atoms with van der Waals surface area (Å²) < 4.78 is 41.3. The van der Waals surface area contributed by atoms with Crippen LogP contribution in [0.25, 0.3) is 0 Å². The van der Waals surface area contributed by atoms with Gasteiger partial charge in [-0.1, -0.05) is 6.92 Å². The number of hydrogen-bond donors (Lipinski definition) is 1. The van der Waals surface area contributed by atoms with Crippen molar-refractivity contribution in [2.24, 2.45) is 0 Å². The molecule has 0 spiro atoms. The van der Waals surface area contributed by atoms with Gasteiger partial charge in [0, 0.05) is 19.8 Å². The number of rotatable bonds is 8. The zero-order chi connectivity index (χ0) is 11.7. The van der Waals surface area contributed by atoms with E-state index in [-0.39, 0.29) is 0 Å². The van der Waals surface area contributed by atoms with Crippen LogP contribution in [0.15, 0.2) is 0 Å². The molecular weight excluding hydrogens is 207 g/mol. The number of nitrogens with one attached hydrogen (secondary N) is 1. The molecule has 0 amide bonds. The van der Waals surface area contributed by atoms with E-state index in [2.05, 4.69) is 5.32 Å². The smallest absolute Gasteiger partial charge is 0.385 e. The van der Waals surface area contributed by atoms with Gasteiger partial charge in [0.15, 0.2) is 0 Å². The first-order chi connectivity index (χ1) is 6.99. The highest BCUT2D eigenvalue weighted by Crippen LogP contribution is 2.23. The Morgan fingerprint density at radius 1 is 1.33 bits per heavy atom. The van der Waals surface area contributed by atoms with Gasteiger partial charge >= 0.3 is 6.18 Å². The van der Waals surface area contributed by atoms with Crippen molar-refractivity contribution >= 4 is 0 Å². The molecule has 0 aromatic rings. The van der Waals surface area contributed by atoms with Crippen molar-refractivity contribution in [3.05, 3.63) is 0 Å². The maximum atomic E-state index is 12.2. The van der Waals surface area contributed by atoms with Gasteiger partial charge in [0.2, 0.25) is 0 Å². The molecule has 0 heterocycles. The van der Waals surface area contributed by atoms with Gasteiger partial charge in [-0.15, -0.1) is 0 Å². The minimum Gasteiger partial charge on any atom is -0.385 e. The van der Waals surface area contributed by atoms with Crippen LogP contribution in [0, 0.1) is 0 Å². The van der Waals surface area contributed by atoms with E-state index in [9.17, 15) is 13.2 Å². The maximum absolute atomic E-state index is 12.2. The van der Waals surface area contributed by atoms with Gasteiger partial charge in [-0.3, -0.25) is 0 Å². The van der Waals surface area contributed by atoms with Crippen molar-refractivity contribution in [2.75, 3.05) is 20.3 Å². The lowest BCUT2D eigenvalue weighted by molar-refractivity contribution is -0.140. The third-order valence-corrected chi connectivity index (χ3v) is 2.06. The van der Waals surface area contributed by atoms with Crippen LogP contribution in [-0.4, -0.2) is 32.5 Å². The Morgan fingerprint density at radius 3 is 2.47 bits per heavy atom. The van der Waals surface area contributed by atoms with Crippen LogP contribution in [0.5, 0.6) is 0 Å². The number of halogens is 3. The second kappa shape index (κ2) is 7.93. The molecule has 0 aliphatic rings. The Labute approximate surface area is 89.2 Å². The number of ether oxygens (including phenoxy) is 1. The highest BCUT2D eigenvalue weighted by molar-refractivity contribution is 4.70. The first-order valence-corrected chi connectivity index (χ1v) is 5.28. The number of alkyl halides is 3. The molecule has 0 radical (unpaired) electrons. The molecule has 1 N–H and O–H groups in total. The Kier molecular flexibility index (Phi) is 7.78. The molecule has 0 aromatic heterocycles. The molecule has 0 saturated heterocycles. The molecule has 0 aromatic carbocycles. The quantitative estimate of drug-likeness (QED) is 0.644. The summed E-state index contributed by atoms with van der Waals surface area (Å²) in [5, 5.41) is 2.91. The SMILES string of the molecule is CCCNC(CCCOC)CC(F)(F)F. The fourth-order valence-corrected chi connectivity index (χ4v) is 1.38. The van der Waals surface area contributed by atoms with E-state index in [1.54, 1.807) is 7.11 Å². The van der Waals surface area contributed by atoms with Crippen molar-refractivity contribution in [1.29, 1.82) is 0 Å². The molecule has 0 rings (SSSR count). The Balaban J connectivity index is 3.84. The largest absolute Gasteiger partial charge is 0.390 e. The van der Waals surface area contributed by atoms with Crippen LogP contribution in [-0.2, 0) is 4.74 Å². The summed E-state index contributed by atoms with van der Waals surface area (Å²) in [6.45, 7) is 3.09. The van der Waals surface area contributed by atoms with Gasteiger partial charge in [0.1, 0.15) is 0 Å². The molecule has 5 heteroatoms. The van der Waals surface area contributed by atoms with Crippen LogP contribution in [0.4, 0.5) is 13.2 Å². The topological polar surface area (TPSA) is 21.3 Å². The van der Waals surface area contributed by atoms with Gasteiger partial charge < -0.3 is 10.1 Å². The van der Waals surface area contributed by atoms with Crippen molar-refractivity contribution in [1.82, 2.24) is 5.32 Å². The maximum Gasteiger partial charge on any atom is 0.390 e. The van der Waals surface area contributed by atoms with E-state index >= 15 is 0 Å². The van der Waals surface area contributed by atoms with Gasteiger partial charge in [-0.25, -0.2) is 0 Å². The molecule has 1 unspecified atom stereocenters. The predicted octanol–water partition coefficient (Wildman–Crippen LogP) is 2.73. The molecule has 1 atom stereocenters. The minimum atomic E-state index is -4.08. The highest BCUT2D eigenvalue weighted by Gasteiger charge is 2.31. The molecule has 0 aliphatic carbocycles. The van der Waals surface area contributed by atoms with E-state index in [1.807, 2.05) is 6.92 Å². The second-order valence-electron chi connectivity index (χ2n) is 3.61. The second-order valence-corrected chi connectivity index (χ2v) is 3.61. The standard InChI is InChI=1S/C10H20F3NO/c1-3-6-14-9(5-4-7-15-2)8-10(11,12)13/h9,14H,3-8H2,1-2H3. The lowest BCUT2D eigenvalue weighted by Crippen LogP contribution is -2.34. The van der Waals surface area contributed by atoms with Gasteiger partial charge in [0.05, 0.1) is 6.42 Å². The zero-order valence-corrected chi connectivity index (χ0v) is 9.36. The van der Waals surface area contributed by atoms with E-state index in [1.165, 1.54) is 0 Å². The third kappa shape index (κ3) is 10.0. The van der Waals surface area contributed by atoms with E-state index < -0.39 is 18.6 Å². The first kappa shape index (κ1) is 14.7. The monoisotopic (exact) mass is 227 g/mol. The van der Waals surface area contributed by atoms with E-state index in [0.717, 1.165) is 6.42 Å². The number of hydrogen-bond acceptors (Lipinski definition) is 2. The molecular formula is C10H20F3NO. The summed E-state index contributed by atoms with van der Waals surface area (Å²) in [5.74, 6) is 0.